The van der Waals surface area contributed by atoms with E-state index in [1.54, 1.807) is 11.3 Å². The van der Waals surface area contributed by atoms with E-state index in [2.05, 4.69) is 48.6 Å². The van der Waals surface area contributed by atoms with Gasteiger partial charge in [0.15, 0.2) is 0 Å². The summed E-state index contributed by atoms with van der Waals surface area (Å²) >= 11 is 7.26. The van der Waals surface area contributed by atoms with Crippen LogP contribution in [0.3, 0.4) is 0 Å². The van der Waals surface area contributed by atoms with Crippen molar-refractivity contribution >= 4 is 39.2 Å². The fourth-order valence-electron chi connectivity index (χ4n) is 3.80. The molecule has 0 unspecified atom stereocenters. The predicted octanol–water partition coefficient (Wildman–Crippen LogP) is 6.73. The molecule has 0 aliphatic carbocycles. The first-order valence-electron chi connectivity index (χ1n) is 10.7. The Morgan fingerprint density at radius 3 is 2.38 bits per heavy atom. The van der Waals surface area contributed by atoms with Gasteiger partial charge in [-0.1, -0.05) is 52.1 Å². The van der Waals surface area contributed by atoms with Crippen molar-refractivity contribution in [3.63, 3.8) is 0 Å². The number of thiocarbonyl (C=S) groups is 1. The molecule has 0 atom stereocenters. The van der Waals surface area contributed by atoms with Crippen LogP contribution in [-0.2, 0) is 6.54 Å². The van der Waals surface area contributed by atoms with Crippen LogP contribution in [0.4, 0.5) is 9.39 Å². The molecule has 0 amide bonds. The number of hydrogen-bond acceptors (Lipinski definition) is 4. The summed E-state index contributed by atoms with van der Waals surface area (Å²) in [6.07, 6.45) is 5.03. The molecular weight excluding hydrogens is 401 g/mol. The molecule has 0 saturated heterocycles. The third-order valence-electron chi connectivity index (χ3n) is 5.48. The van der Waals surface area contributed by atoms with Crippen LogP contribution < -0.4 is 4.90 Å². The average Bonchev–Trinajstić information content (AvgIpc) is 3.00. The van der Waals surface area contributed by atoms with Gasteiger partial charge in [0.2, 0.25) is 0 Å². The van der Waals surface area contributed by atoms with Crippen LogP contribution in [0.15, 0.2) is 19.0 Å². The maximum Gasteiger partial charge on any atom is 0.106 e. The van der Waals surface area contributed by atoms with Gasteiger partial charge in [0.05, 0.1) is 18.2 Å². The lowest BCUT2D eigenvalue weighted by Gasteiger charge is -2.41. The first-order chi connectivity index (χ1) is 13.9. The molecule has 1 aliphatic rings. The Labute approximate surface area is 185 Å². The molecule has 1 aromatic rings. The Balaban J connectivity index is 2.41. The summed E-state index contributed by atoms with van der Waals surface area (Å²) in [7, 11) is 0. The minimum atomic E-state index is -0.318. The van der Waals surface area contributed by atoms with Crippen LogP contribution >= 0.6 is 23.6 Å². The van der Waals surface area contributed by atoms with Crippen LogP contribution in [0.2, 0.25) is 0 Å². The highest BCUT2D eigenvalue weighted by atomic mass is 32.1. The maximum atomic E-state index is 13.0. The zero-order valence-corrected chi connectivity index (χ0v) is 20.2. The molecule has 6 heteroatoms. The molecule has 0 saturated carbocycles. The van der Waals surface area contributed by atoms with Crippen molar-refractivity contribution in [2.75, 3.05) is 31.2 Å². The van der Waals surface area contributed by atoms with E-state index in [-0.39, 0.29) is 6.67 Å². The molecule has 29 heavy (non-hydrogen) atoms. The number of hydrogen-bond donors (Lipinski definition) is 0. The fraction of sp³-hybridized carbons (Fsp3) is 0.609. The molecule has 1 aliphatic heterocycles. The van der Waals surface area contributed by atoms with Gasteiger partial charge in [-0.25, -0.2) is 0 Å². The Bertz CT molecular complexity index is 741. The van der Waals surface area contributed by atoms with Gasteiger partial charge in [-0.2, -0.15) is 0 Å². The van der Waals surface area contributed by atoms with E-state index in [9.17, 15) is 4.39 Å². The second-order valence-corrected chi connectivity index (χ2v) is 9.36. The van der Waals surface area contributed by atoms with Crippen LogP contribution in [0.1, 0.15) is 68.9 Å². The second-order valence-electron chi connectivity index (χ2n) is 7.69. The van der Waals surface area contributed by atoms with Gasteiger partial charge in [0.25, 0.3) is 0 Å². The van der Waals surface area contributed by atoms with E-state index < -0.39 is 0 Å². The number of halogens is 1. The minimum Gasteiger partial charge on any atom is -0.361 e. The van der Waals surface area contributed by atoms with E-state index in [1.807, 2.05) is 6.92 Å². The van der Waals surface area contributed by atoms with Gasteiger partial charge in [-0.15, -0.1) is 11.3 Å². The zero-order chi connectivity index (χ0) is 21.6. The van der Waals surface area contributed by atoms with Crippen molar-refractivity contribution in [1.82, 2.24) is 9.80 Å². The van der Waals surface area contributed by atoms with Crippen molar-refractivity contribution in [3.8, 4) is 0 Å². The first kappa shape index (κ1) is 23.9. The lowest BCUT2D eigenvalue weighted by Crippen LogP contribution is -2.39. The predicted molar refractivity (Wildman–Crippen MR) is 130 cm³/mol. The zero-order valence-electron chi connectivity index (χ0n) is 18.5. The Morgan fingerprint density at radius 1 is 1.10 bits per heavy atom. The highest BCUT2D eigenvalue weighted by Gasteiger charge is 2.33. The normalized spacial score (nSPS) is 13.8. The molecule has 0 bridgehead atoms. The van der Waals surface area contributed by atoms with Crippen molar-refractivity contribution < 1.29 is 4.39 Å². The summed E-state index contributed by atoms with van der Waals surface area (Å²) in [5, 5.41) is 1.16. The summed E-state index contributed by atoms with van der Waals surface area (Å²) in [6.45, 7) is 20.4. The van der Waals surface area contributed by atoms with Crippen LogP contribution in [0.5, 0.6) is 0 Å². The van der Waals surface area contributed by atoms with E-state index in [4.69, 9.17) is 12.2 Å². The smallest absolute Gasteiger partial charge is 0.106 e. The lowest BCUT2D eigenvalue weighted by molar-refractivity contribution is 0.419. The standard InChI is InChI=1S/C23H36FN3S2/c1-7-9-10-14-26-18(4)22-17(3)21(16-25(13-8-2)20(6)28)29-23(22)27(19(26)5)15-11-12-24/h4-5,7-16H2,1-3,6H3. The number of unbranched alkanes of at least 4 members (excludes halogenated alkanes) is 2. The quantitative estimate of drug-likeness (QED) is 0.280. The van der Waals surface area contributed by atoms with Gasteiger partial charge < -0.3 is 14.7 Å². The van der Waals surface area contributed by atoms with Gasteiger partial charge >= 0.3 is 0 Å². The number of rotatable bonds is 11. The highest BCUT2D eigenvalue weighted by Crippen LogP contribution is 2.47. The number of thiophene rings is 1. The largest absolute Gasteiger partial charge is 0.361 e. The first-order valence-corrected chi connectivity index (χ1v) is 12.0. The highest BCUT2D eigenvalue weighted by molar-refractivity contribution is 7.80. The molecule has 3 nitrogen and oxygen atoms in total. The van der Waals surface area contributed by atoms with E-state index in [1.165, 1.54) is 28.8 Å². The molecule has 2 rings (SSSR count). The molecule has 0 fully saturated rings. The molecule has 0 aromatic carbocycles. The lowest BCUT2D eigenvalue weighted by atomic mass is 10.0. The summed E-state index contributed by atoms with van der Waals surface area (Å²) in [4.78, 5) is 8.93. The number of fused-ring (bicyclic) bond motifs is 1. The fourth-order valence-corrected chi connectivity index (χ4v) is 5.35. The van der Waals surface area contributed by atoms with Crippen LogP contribution in [0.25, 0.3) is 5.70 Å². The summed E-state index contributed by atoms with van der Waals surface area (Å²) in [5.74, 6) is 0.927. The number of nitrogens with zero attached hydrogens (tertiary/aromatic N) is 3. The molecule has 0 radical (unpaired) electrons. The minimum absolute atomic E-state index is 0.318. The third kappa shape index (κ3) is 5.40. The number of anilines is 1. The van der Waals surface area contributed by atoms with E-state index in [0.717, 1.165) is 54.0 Å². The van der Waals surface area contributed by atoms with Crippen molar-refractivity contribution in [3.05, 3.63) is 35.0 Å². The van der Waals surface area contributed by atoms with Crippen LogP contribution in [0, 0.1) is 6.92 Å². The van der Waals surface area contributed by atoms with Crippen molar-refractivity contribution in [1.29, 1.82) is 0 Å². The third-order valence-corrected chi connectivity index (χ3v) is 7.04. The SMILES string of the molecule is C=C1c2c(sc(CN(CCC)C(C)=S)c2C)N(CCCF)C(=C)N1CCCCC. The number of alkyl halides is 1. The van der Waals surface area contributed by atoms with Gasteiger partial charge in [0, 0.05) is 35.8 Å². The molecule has 162 valence electrons. The van der Waals surface area contributed by atoms with Gasteiger partial charge in [-0.05, 0) is 38.7 Å². The van der Waals surface area contributed by atoms with E-state index in [0.29, 0.717) is 13.0 Å². The monoisotopic (exact) mass is 437 g/mol. The van der Waals surface area contributed by atoms with E-state index >= 15 is 0 Å². The summed E-state index contributed by atoms with van der Waals surface area (Å²) in [6, 6.07) is 0. The van der Waals surface area contributed by atoms with Crippen molar-refractivity contribution in [2.45, 2.75) is 66.3 Å². The Kier molecular flexibility index (Phi) is 9.15. The maximum absolute atomic E-state index is 13.0. The Hall–Kier alpha value is -1.40. The van der Waals surface area contributed by atoms with Gasteiger partial charge in [-0.3, -0.25) is 4.39 Å². The summed E-state index contributed by atoms with van der Waals surface area (Å²) in [5.41, 5.74) is 3.50. The molecule has 0 N–H and O–H groups in total. The topological polar surface area (TPSA) is 9.72 Å². The average molecular weight is 438 g/mol. The van der Waals surface area contributed by atoms with Crippen LogP contribution in [-0.4, -0.2) is 41.1 Å². The molecule has 2 heterocycles. The molecular formula is C23H36FN3S2. The summed E-state index contributed by atoms with van der Waals surface area (Å²) < 4.78 is 13.0. The Morgan fingerprint density at radius 2 is 1.79 bits per heavy atom. The molecule has 0 spiro atoms. The van der Waals surface area contributed by atoms with Gasteiger partial charge in [0.1, 0.15) is 10.8 Å². The second kappa shape index (κ2) is 11.1. The van der Waals surface area contributed by atoms with Crippen molar-refractivity contribution in [2.24, 2.45) is 0 Å². The molecule has 1 aromatic heterocycles.